The molecule has 0 aliphatic heterocycles. The van der Waals surface area contributed by atoms with Crippen molar-refractivity contribution >= 4 is 35.7 Å². The van der Waals surface area contributed by atoms with Crippen LogP contribution in [0.25, 0.3) is 0 Å². The van der Waals surface area contributed by atoms with Gasteiger partial charge in [-0.15, -0.1) is 12.4 Å². The third-order valence-electron chi connectivity index (χ3n) is 6.73. The Morgan fingerprint density at radius 2 is 1.46 bits per heavy atom. The van der Waals surface area contributed by atoms with Crippen LogP contribution < -0.4 is 21.7 Å². The Morgan fingerprint density at radius 1 is 0.878 bits per heavy atom. The molecule has 0 saturated carbocycles. The second kappa shape index (κ2) is 16.4. The SMILES string of the molecule is CC(C)C(NC(=O)C(Nc1cccc(C(=N)N)c1)C(O)CO)C(=O)NCCC(c1ccccc1)c1ccccc1.Cl. The molecule has 2 amide bonds. The topological polar surface area (TPSA) is 161 Å². The summed E-state index contributed by atoms with van der Waals surface area (Å²) in [6.07, 6.45) is -0.771. The van der Waals surface area contributed by atoms with Crippen molar-refractivity contribution in [2.45, 2.75) is 44.4 Å². The molecule has 9 nitrogen and oxygen atoms in total. The van der Waals surface area contributed by atoms with E-state index in [0.717, 1.165) is 11.1 Å². The number of benzene rings is 3. The van der Waals surface area contributed by atoms with Crippen LogP contribution in [0.15, 0.2) is 84.9 Å². The van der Waals surface area contributed by atoms with Crippen LogP contribution in [0, 0.1) is 11.3 Å². The summed E-state index contributed by atoms with van der Waals surface area (Å²) in [6.45, 7) is 3.37. The molecule has 0 aromatic heterocycles. The molecule has 0 saturated heterocycles. The van der Waals surface area contributed by atoms with Gasteiger partial charge in [0.05, 0.1) is 6.61 Å². The number of anilines is 1. The largest absolute Gasteiger partial charge is 0.394 e. The molecule has 0 bridgehead atoms. The number of nitrogens with two attached hydrogens (primary N) is 1. The summed E-state index contributed by atoms with van der Waals surface area (Å²) in [5.74, 6) is -1.27. The van der Waals surface area contributed by atoms with E-state index in [0.29, 0.717) is 24.2 Å². The van der Waals surface area contributed by atoms with E-state index in [1.807, 2.05) is 50.2 Å². The molecular weight excluding hydrogens is 542 g/mol. The minimum Gasteiger partial charge on any atom is -0.394 e. The maximum Gasteiger partial charge on any atom is 0.245 e. The van der Waals surface area contributed by atoms with Crippen LogP contribution in [-0.4, -0.2) is 59.2 Å². The zero-order valence-corrected chi connectivity index (χ0v) is 24.1. The smallest absolute Gasteiger partial charge is 0.245 e. The zero-order valence-electron chi connectivity index (χ0n) is 23.3. The van der Waals surface area contributed by atoms with Gasteiger partial charge in [0.25, 0.3) is 0 Å². The van der Waals surface area contributed by atoms with Gasteiger partial charge in [-0.3, -0.25) is 15.0 Å². The van der Waals surface area contributed by atoms with Crippen molar-refractivity contribution in [3.05, 3.63) is 102 Å². The number of carbonyl (C=O) groups excluding carboxylic acids is 2. The van der Waals surface area contributed by atoms with Gasteiger partial charge in [0.2, 0.25) is 11.8 Å². The highest BCUT2D eigenvalue weighted by Gasteiger charge is 2.31. The van der Waals surface area contributed by atoms with Crippen molar-refractivity contribution in [3.8, 4) is 0 Å². The molecule has 0 fully saturated rings. The number of halogens is 1. The number of hydrogen-bond acceptors (Lipinski definition) is 6. The zero-order chi connectivity index (χ0) is 29.1. The van der Waals surface area contributed by atoms with E-state index >= 15 is 0 Å². The molecule has 3 atom stereocenters. The summed E-state index contributed by atoms with van der Waals surface area (Å²) in [4.78, 5) is 26.5. The fourth-order valence-corrected chi connectivity index (χ4v) is 4.52. The van der Waals surface area contributed by atoms with Gasteiger partial charge in [0.15, 0.2) is 0 Å². The molecule has 3 aromatic rings. The van der Waals surface area contributed by atoms with Crippen LogP contribution in [0.5, 0.6) is 0 Å². The van der Waals surface area contributed by atoms with Gasteiger partial charge in [-0.05, 0) is 35.6 Å². The molecule has 220 valence electrons. The van der Waals surface area contributed by atoms with Crippen LogP contribution in [0.3, 0.4) is 0 Å². The van der Waals surface area contributed by atoms with Crippen molar-refractivity contribution in [3.63, 3.8) is 0 Å². The lowest BCUT2D eigenvalue weighted by atomic mass is 9.88. The number of rotatable bonds is 14. The Balaban J connectivity index is 0.00000588. The number of hydrogen-bond donors (Lipinski definition) is 7. The van der Waals surface area contributed by atoms with Gasteiger partial charge in [-0.2, -0.15) is 0 Å². The van der Waals surface area contributed by atoms with Crippen molar-refractivity contribution < 1.29 is 19.8 Å². The van der Waals surface area contributed by atoms with Gasteiger partial charge in [-0.25, -0.2) is 0 Å². The Morgan fingerprint density at radius 3 is 1.98 bits per heavy atom. The number of aliphatic hydroxyl groups excluding tert-OH is 2. The monoisotopic (exact) mass is 581 g/mol. The summed E-state index contributed by atoms with van der Waals surface area (Å²) < 4.78 is 0. The predicted octanol–water partition coefficient (Wildman–Crippen LogP) is 3.01. The van der Waals surface area contributed by atoms with Crippen molar-refractivity contribution in [2.24, 2.45) is 11.7 Å². The number of carbonyl (C=O) groups is 2. The van der Waals surface area contributed by atoms with Crippen molar-refractivity contribution in [1.29, 1.82) is 5.41 Å². The Labute approximate surface area is 247 Å². The lowest BCUT2D eigenvalue weighted by Gasteiger charge is -2.28. The lowest BCUT2D eigenvalue weighted by Crippen LogP contribution is -2.56. The summed E-state index contributed by atoms with van der Waals surface area (Å²) in [7, 11) is 0. The normalized spacial score (nSPS) is 13.0. The van der Waals surface area contributed by atoms with Gasteiger partial charge < -0.3 is 31.9 Å². The predicted molar refractivity (Wildman–Crippen MR) is 164 cm³/mol. The lowest BCUT2D eigenvalue weighted by molar-refractivity contribution is -0.132. The van der Waals surface area contributed by atoms with E-state index < -0.39 is 30.7 Å². The van der Waals surface area contributed by atoms with Crippen LogP contribution >= 0.6 is 12.4 Å². The second-order valence-electron chi connectivity index (χ2n) is 10.1. The standard InChI is InChI=1S/C31H39N5O4.ClH/c1-20(2)27(36-31(40)28(26(38)19-37)35-24-15-9-14-23(18-24)29(32)33)30(39)34-17-16-25(21-10-5-3-6-11-21)22-12-7-4-8-13-22;/h3-15,18,20,25-28,35,37-38H,16-17,19H2,1-2H3,(H3,32,33)(H,34,39)(H,36,40);1H. The second-order valence-corrected chi connectivity index (χ2v) is 10.1. The Hall–Kier alpha value is -3.92. The molecule has 0 spiro atoms. The number of nitrogen functional groups attached to an aromatic ring is 1. The molecule has 3 unspecified atom stereocenters. The fourth-order valence-electron chi connectivity index (χ4n) is 4.52. The summed E-state index contributed by atoms with van der Waals surface area (Å²) >= 11 is 0. The van der Waals surface area contributed by atoms with Gasteiger partial charge in [-0.1, -0.05) is 86.6 Å². The minimum atomic E-state index is -1.44. The number of amides is 2. The molecule has 0 aliphatic rings. The first-order chi connectivity index (χ1) is 19.2. The van der Waals surface area contributed by atoms with Crippen LogP contribution in [0.2, 0.25) is 0 Å². The molecule has 10 heteroatoms. The van der Waals surface area contributed by atoms with Crippen molar-refractivity contribution in [1.82, 2.24) is 10.6 Å². The number of aliphatic hydroxyl groups is 2. The third-order valence-corrected chi connectivity index (χ3v) is 6.73. The summed E-state index contributed by atoms with van der Waals surface area (Å²) in [5.41, 5.74) is 8.73. The Kier molecular flexibility index (Phi) is 13.3. The number of amidine groups is 1. The maximum absolute atomic E-state index is 13.2. The molecule has 0 radical (unpaired) electrons. The van der Waals surface area contributed by atoms with Crippen LogP contribution in [-0.2, 0) is 9.59 Å². The van der Waals surface area contributed by atoms with Crippen LogP contribution in [0.1, 0.15) is 42.9 Å². The first kappa shape index (κ1) is 33.3. The maximum atomic E-state index is 13.2. The highest BCUT2D eigenvalue weighted by atomic mass is 35.5. The quantitative estimate of drug-likeness (QED) is 0.114. The van der Waals surface area contributed by atoms with Gasteiger partial charge in [0.1, 0.15) is 24.0 Å². The minimum absolute atomic E-state index is 0. The molecule has 0 aliphatic carbocycles. The van der Waals surface area contributed by atoms with Crippen LogP contribution in [0.4, 0.5) is 5.69 Å². The van der Waals surface area contributed by atoms with E-state index in [-0.39, 0.29) is 36.0 Å². The first-order valence-electron chi connectivity index (χ1n) is 13.4. The molecule has 0 heterocycles. The summed E-state index contributed by atoms with van der Waals surface area (Å²) in [5, 5.41) is 36.2. The van der Waals surface area contributed by atoms with E-state index in [1.165, 1.54) is 0 Å². The highest BCUT2D eigenvalue weighted by Crippen LogP contribution is 2.27. The van der Waals surface area contributed by atoms with Gasteiger partial charge in [0, 0.05) is 23.7 Å². The molecule has 41 heavy (non-hydrogen) atoms. The van der Waals surface area contributed by atoms with E-state index in [9.17, 15) is 19.8 Å². The number of nitrogens with one attached hydrogen (secondary N) is 4. The van der Waals surface area contributed by atoms with E-state index in [1.54, 1.807) is 24.3 Å². The molecule has 8 N–H and O–H groups in total. The summed E-state index contributed by atoms with van der Waals surface area (Å²) in [6, 6.07) is 24.6. The molecular formula is C31H40ClN5O4. The molecule has 3 aromatic carbocycles. The average Bonchev–Trinajstić information content (AvgIpc) is 2.97. The third kappa shape index (κ3) is 9.60. The Bertz CT molecular complexity index is 1220. The average molecular weight is 582 g/mol. The first-order valence-corrected chi connectivity index (χ1v) is 13.4. The van der Waals surface area contributed by atoms with E-state index in [4.69, 9.17) is 11.1 Å². The highest BCUT2D eigenvalue weighted by molar-refractivity contribution is 5.96. The van der Waals surface area contributed by atoms with E-state index in [2.05, 4.69) is 40.2 Å². The van der Waals surface area contributed by atoms with Gasteiger partial charge >= 0.3 is 0 Å². The molecule has 3 rings (SSSR count). The fraction of sp³-hybridized carbons (Fsp3) is 0.323. The van der Waals surface area contributed by atoms with Crippen molar-refractivity contribution in [2.75, 3.05) is 18.5 Å².